The molecule has 1 fully saturated rings. The number of benzene rings is 1. The van der Waals surface area contributed by atoms with Gasteiger partial charge in [0.15, 0.2) is 5.11 Å². The number of phenolic OH excluding ortho intramolecular Hbond substituents is 1. The molecule has 1 saturated heterocycles. The highest BCUT2D eigenvalue weighted by Gasteiger charge is 2.15. The van der Waals surface area contributed by atoms with Crippen molar-refractivity contribution in [2.75, 3.05) is 26.2 Å². The molecular formula is C19H31N4O2S+. The summed E-state index contributed by atoms with van der Waals surface area (Å²) in [6, 6.07) is 5.62. The molecule has 144 valence electrons. The van der Waals surface area contributed by atoms with Gasteiger partial charge in [0.2, 0.25) is 0 Å². The van der Waals surface area contributed by atoms with Gasteiger partial charge in [-0.05, 0) is 69.6 Å². The average molecular weight is 380 g/mol. The molecule has 0 spiro atoms. The van der Waals surface area contributed by atoms with Gasteiger partial charge in [-0.2, -0.15) is 5.10 Å². The quantitative estimate of drug-likeness (QED) is 0.310. The molecule has 1 aromatic carbocycles. The Labute approximate surface area is 161 Å². The highest BCUT2D eigenvalue weighted by atomic mass is 32.1. The Hall–Kier alpha value is -1.70. The van der Waals surface area contributed by atoms with E-state index in [1.807, 2.05) is 19.1 Å². The normalized spacial score (nSPS) is 17.5. The van der Waals surface area contributed by atoms with Gasteiger partial charge in [0.1, 0.15) is 12.3 Å². The number of rotatable bonds is 8. The molecule has 0 bridgehead atoms. The van der Waals surface area contributed by atoms with Crippen LogP contribution in [0.2, 0.25) is 0 Å². The topological polar surface area (TPSA) is 70.3 Å². The van der Waals surface area contributed by atoms with Crippen molar-refractivity contribution in [3.05, 3.63) is 29.3 Å². The number of phenols is 1. The van der Waals surface area contributed by atoms with Gasteiger partial charge in [0, 0.05) is 18.7 Å². The van der Waals surface area contributed by atoms with Crippen LogP contribution in [-0.2, 0) is 11.3 Å². The summed E-state index contributed by atoms with van der Waals surface area (Å²) in [4.78, 5) is 1.42. The zero-order valence-electron chi connectivity index (χ0n) is 16.0. The van der Waals surface area contributed by atoms with Crippen molar-refractivity contribution in [2.24, 2.45) is 5.10 Å². The SMILES string of the molecule is CC[NH+](CC)Cc1cc(/C(C)=N/NC(=S)NC[C@H]2CCCO2)ccc1O. The molecule has 4 N–H and O–H groups in total. The van der Waals surface area contributed by atoms with Gasteiger partial charge in [-0.15, -0.1) is 0 Å². The molecule has 0 aliphatic carbocycles. The summed E-state index contributed by atoms with van der Waals surface area (Å²) >= 11 is 5.26. The van der Waals surface area contributed by atoms with Gasteiger partial charge in [-0.1, -0.05) is 0 Å². The maximum Gasteiger partial charge on any atom is 0.187 e. The lowest BCUT2D eigenvalue weighted by Crippen LogP contribution is -3.10. The number of hydrazone groups is 1. The Morgan fingerprint density at radius 2 is 2.15 bits per heavy atom. The van der Waals surface area contributed by atoms with E-state index in [0.717, 1.165) is 55.9 Å². The number of quaternary nitrogens is 1. The second-order valence-corrected chi connectivity index (χ2v) is 7.04. The van der Waals surface area contributed by atoms with Crippen molar-refractivity contribution in [3.63, 3.8) is 0 Å². The number of hydrogen-bond donors (Lipinski definition) is 4. The second kappa shape index (κ2) is 10.4. The smallest absolute Gasteiger partial charge is 0.187 e. The fourth-order valence-corrected chi connectivity index (χ4v) is 3.10. The molecule has 1 atom stereocenters. The predicted octanol–water partition coefficient (Wildman–Crippen LogP) is 1.18. The van der Waals surface area contributed by atoms with Crippen LogP contribution in [0.25, 0.3) is 0 Å². The summed E-state index contributed by atoms with van der Waals surface area (Å²) in [6.45, 7) is 10.6. The minimum Gasteiger partial charge on any atom is -0.507 e. The van der Waals surface area contributed by atoms with E-state index in [2.05, 4.69) is 29.7 Å². The van der Waals surface area contributed by atoms with Crippen LogP contribution in [-0.4, -0.2) is 48.3 Å². The maximum atomic E-state index is 10.1. The largest absolute Gasteiger partial charge is 0.507 e. The van der Waals surface area contributed by atoms with Crippen molar-refractivity contribution < 1.29 is 14.7 Å². The molecule has 26 heavy (non-hydrogen) atoms. The average Bonchev–Trinajstić information content (AvgIpc) is 3.17. The van der Waals surface area contributed by atoms with E-state index in [1.165, 1.54) is 4.90 Å². The van der Waals surface area contributed by atoms with E-state index >= 15 is 0 Å². The van der Waals surface area contributed by atoms with E-state index < -0.39 is 0 Å². The second-order valence-electron chi connectivity index (χ2n) is 6.63. The summed E-state index contributed by atoms with van der Waals surface area (Å²) in [5.74, 6) is 0.336. The van der Waals surface area contributed by atoms with Crippen LogP contribution >= 0.6 is 12.2 Å². The fraction of sp³-hybridized carbons (Fsp3) is 0.579. The Morgan fingerprint density at radius 3 is 2.81 bits per heavy atom. The number of ether oxygens (including phenoxy) is 1. The van der Waals surface area contributed by atoms with Gasteiger partial charge < -0.3 is 20.1 Å². The summed E-state index contributed by atoms with van der Waals surface area (Å²) in [6.07, 6.45) is 2.42. The van der Waals surface area contributed by atoms with Crippen molar-refractivity contribution >= 4 is 23.0 Å². The molecule has 0 amide bonds. The molecule has 0 aromatic heterocycles. The minimum atomic E-state index is 0.238. The van der Waals surface area contributed by atoms with E-state index in [-0.39, 0.29) is 6.10 Å². The molecule has 0 unspecified atom stereocenters. The molecule has 6 nitrogen and oxygen atoms in total. The summed E-state index contributed by atoms with van der Waals surface area (Å²) in [5, 5.41) is 18.1. The van der Waals surface area contributed by atoms with Crippen LogP contribution in [0.4, 0.5) is 0 Å². The van der Waals surface area contributed by atoms with Gasteiger partial charge >= 0.3 is 0 Å². The molecular weight excluding hydrogens is 348 g/mol. The molecule has 0 radical (unpaired) electrons. The number of nitrogens with one attached hydrogen (secondary N) is 3. The molecule has 1 heterocycles. The first-order valence-electron chi connectivity index (χ1n) is 9.39. The van der Waals surface area contributed by atoms with Crippen LogP contribution in [0.3, 0.4) is 0 Å². The Morgan fingerprint density at radius 1 is 1.38 bits per heavy atom. The number of hydrogen-bond acceptors (Lipinski definition) is 4. The number of thiocarbonyl (C=S) groups is 1. The minimum absolute atomic E-state index is 0.238. The summed E-state index contributed by atoms with van der Waals surface area (Å²) < 4.78 is 5.56. The highest BCUT2D eigenvalue weighted by molar-refractivity contribution is 7.80. The monoisotopic (exact) mass is 379 g/mol. The lowest BCUT2D eigenvalue weighted by Gasteiger charge is -2.17. The zero-order chi connectivity index (χ0) is 18.9. The molecule has 1 aromatic rings. The molecule has 2 rings (SSSR count). The lowest BCUT2D eigenvalue weighted by atomic mass is 10.1. The Kier molecular flexibility index (Phi) is 8.28. The first-order valence-corrected chi connectivity index (χ1v) is 9.79. The number of nitrogens with zero attached hydrogens (tertiary/aromatic N) is 1. The van der Waals surface area contributed by atoms with Crippen LogP contribution in [0.5, 0.6) is 5.75 Å². The van der Waals surface area contributed by atoms with Gasteiger partial charge in [-0.25, -0.2) is 0 Å². The third-order valence-corrected chi connectivity index (χ3v) is 5.01. The van der Waals surface area contributed by atoms with Crippen LogP contribution in [0.1, 0.15) is 44.7 Å². The third kappa shape index (κ3) is 6.23. The van der Waals surface area contributed by atoms with Crippen LogP contribution in [0, 0.1) is 0 Å². The van der Waals surface area contributed by atoms with Crippen molar-refractivity contribution in [1.29, 1.82) is 0 Å². The summed E-state index contributed by atoms with van der Waals surface area (Å²) in [5.41, 5.74) is 5.62. The summed E-state index contributed by atoms with van der Waals surface area (Å²) in [7, 11) is 0. The van der Waals surface area contributed by atoms with E-state index in [0.29, 0.717) is 17.4 Å². The molecule has 1 aliphatic heterocycles. The molecule has 1 aliphatic rings. The predicted molar refractivity (Wildman–Crippen MR) is 109 cm³/mol. The zero-order valence-corrected chi connectivity index (χ0v) is 16.8. The Balaban J connectivity index is 1.93. The van der Waals surface area contributed by atoms with Gasteiger partial charge in [0.25, 0.3) is 0 Å². The lowest BCUT2D eigenvalue weighted by molar-refractivity contribution is -0.910. The van der Waals surface area contributed by atoms with Crippen molar-refractivity contribution in [1.82, 2.24) is 10.7 Å². The number of aromatic hydroxyl groups is 1. The Bertz CT molecular complexity index is 626. The first-order chi connectivity index (χ1) is 12.5. The van der Waals surface area contributed by atoms with E-state index in [4.69, 9.17) is 17.0 Å². The fourth-order valence-electron chi connectivity index (χ4n) is 2.97. The van der Waals surface area contributed by atoms with Crippen molar-refractivity contribution in [3.8, 4) is 5.75 Å². The maximum absolute atomic E-state index is 10.1. The standard InChI is InChI=1S/C19H30N4O2S/c1-4-23(5-2)13-16-11-15(8-9-18(16)24)14(3)21-22-19(26)20-12-17-7-6-10-25-17/h8-9,11,17,24H,4-7,10,12-13H2,1-3H3,(H2,20,22,26)/p+1/b21-14+/t17-/m1/s1. The molecule has 7 heteroatoms. The van der Waals surface area contributed by atoms with Gasteiger partial charge in [-0.3, -0.25) is 5.43 Å². The van der Waals surface area contributed by atoms with Crippen molar-refractivity contribution in [2.45, 2.75) is 46.3 Å². The van der Waals surface area contributed by atoms with Crippen LogP contribution in [0.15, 0.2) is 23.3 Å². The van der Waals surface area contributed by atoms with Crippen LogP contribution < -0.4 is 15.6 Å². The first kappa shape index (κ1) is 20.6. The van der Waals surface area contributed by atoms with E-state index in [1.54, 1.807) is 6.07 Å². The van der Waals surface area contributed by atoms with Gasteiger partial charge in [0.05, 0.1) is 24.9 Å². The molecule has 0 saturated carbocycles. The van der Waals surface area contributed by atoms with E-state index in [9.17, 15) is 5.11 Å². The third-order valence-electron chi connectivity index (χ3n) is 4.78. The highest BCUT2D eigenvalue weighted by Crippen LogP contribution is 2.18.